The van der Waals surface area contributed by atoms with E-state index in [1.54, 1.807) is 11.0 Å². The van der Waals surface area contributed by atoms with Gasteiger partial charge in [-0.1, -0.05) is 118 Å². The summed E-state index contributed by atoms with van der Waals surface area (Å²) in [6.07, 6.45) is -0.570. The molecule has 3 atom stereocenters. The van der Waals surface area contributed by atoms with Crippen molar-refractivity contribution in [1.82, 2.24) is 4.90 Å². The second-order valence-corrected chi connectivity index (χ2v) is 14.5. The lowest BCUT2D eigenvalue weighted by Gasteiger charge is -2.43. The van der Waals surface area contributed by atoms with Crippen molar-refractivity contribution in [3.63, 3.8) is 0 Å². The molecule has 1 saturated heterocycles. The molecule has 3 aromatic rings. The zero-order chi connectivity index (χ0) is 25.8. The summed E-state index contributed by atoms with van der Waals surface area (Å²) in [7, 11) is -2.83. The van der Waals surface area contributed by atoms with Gasteiger partial charge in [-0.2, -0.15) is 0 Å². The van der Waals surface area contributed by atoms with E-state index in [9.17, 15) is 9.90 Å². The number of hydrogen-bond acceptors (Lipinski definition) is 4. The Morgan fingerprint density at radius 2 is 1.47 bits per heavy atom. The first-order valence-electron chi connectivity index (χ1n) is 12.3. The van der Waals surface area contributed by atoms with Crippen molar-refractivity contribution in [2.45, 2.75) is 50.6 Å². The molecular formula is C30H35NO4Si. The topological polar surface area (TPSA) is 59.0 Å². The summed E-state index contributed by atoms with van der Waals surface area (Å²) in [5.41, 5.74) is 0.986. The van der Waals surface area contributed by atoms with Gasteiger partial charge in [-0.25, -0.2) is 4.79 Å². The molecule has 1 aliphatic heterocycles. The first-order chi connectivity index (χ1) is 17.3. The Balaban J connectivity index is 1.61. The van der Waals surface area contributed by atoms with Crippen molar-refractivity contribution >= 4 is 24.8 Å². The van der Waals surface area contributed by atoms with Gasteiger partial charge in [0.2, 0.25) is 0 Å². The number of cyclic esters (lactones) is 1. The lowest BCUT2D eigenvalue weighted by molar-refractivity contribution is -0.00459. The monoisotopic (exact) mass is 501 g/mol. The molecule has 0 saturated carbocycles. The number of aliphatic hydroxyl groups excluding tert-OH is 1. The van der Waals surface area contributed by atoms with E-state index in [4.69, 9.17) is 9.16 Å². The molecule has 0 aromatic heterocycles. The lowest BCUT2D eigenvalue weighted by Crippen LogP contribution is -2.67. The van der Waals surface area contributed by atoms with Gasteiger partial charge in [0.05, 0.1) is 12.6 Å². The van der Waals surface area contributed by atoms with E-state index in [1.165, 1.54) is 0 Å². The van der Waals surface area contributed by atoms with E-state index in [0.717, 1.165) is 15.9 Å². The molecule has 6 heteroatoms. The number of hydrogen-bond donors (Lipinski definition) is 1. The van der Waals surface area contributed by atoms with Crippen LogP contribution < -0.4 is 10.4 Å². The van der Waals surface area contributed by atoms with Gasteiger partial charge in [-0.3, -0.25) is 4.90 Å². The van der Waals surface area contributed by atoms with Crippen LogP contribution in [0.3, 0.4) is 0 Å². The molecule has 36 heavy (non-hydrogen) atoms. The van der Waals surface area contributed by atoms with E-state index >= 15 is 0 Å². The molecule has 0 bridgehead atoms. The summed E-state index contributed by atoms with van der Waals surface area (Å²) in [6, 6.07) is 29.8. The smallest absolute Gasteiger partial charge is 0.411 e. The molecular weight excluding hydrogens is 466 g/mol. The second-order valence-electron chi connectivity index (χ2n) is 10.2. The van der Waals surface area contributed by atoms with E-state index in [2.05, 4.69) is 51.6 Å². The van der Waals surface area contributed by atoms with Gasteiger partial charge in [0, 0.05) is 6.54 Å². The van der Waals surface area contributed by atoms with Crippen molar-refractivity contribution in [2.75, 3.05) is 6.61 Å². The number of ether oxygens (including phenoxy) is 1. The zero-order valence-electron chi connectivity index (χ0n) is 21.2. The highest BCUT2D eigenvalue weighted by atomic mass is 28.4. The molecule has 1 aliphatic rings. The Labute approximate surface area is 215 Å². The highest BCUT2D eigenvalue weighted by molar-refractivity contribution is 6.99. The van der Waals surface area contributed by atoms with Crippen molar-refractivity contribution in [2.24, 2.45) is 0 Å². The fraction of sp³-hybridized carbons (Fsp3) is 0.300. The predicted octanol–water partition coefficient (Wildman–Crippen LogP) is 4.50. The van der Waals surface area contributed by atoms with Crippen molar-refractivity contribution in [3.05, 3.63) is 109 Å². The summed E-state index contributed by atoms with van der Waals surface area (Å²) in [6.45, 7) is 10.9. The molecule has 1 heterocycles. The van der Waals surface area contributed by atoms with Gasteiger partial charge < -0.3 is 14.3 Å². The molecule has 4 rings (SSSR count). The van der Waals surface area contributed by atoms with Crippen LogP contribution in [0.4, 0.5) is 4.79 Å². The first kappa shape index (κ1) is 25.9. The second kappa shape index (κ2) is 10.8. The van der Waals surface area contributed by atoms with Gasteiger partial charge >= 0.3 is 6.09 Å². The molecule has 0 unspecified atom stereocenters. The van der Waals surface area contributed by atoms with Crippen LogP contribution in [-0.4, -0.2) is 49.3 Å². The highest BCUT2D eigenvalue weighted by Crippen LogP contribution is 2.37. The summed E-state index contributed by atoms with van der Waals surface area (Å²) < 4.78 is 12.5. The SMILES string of the molecule is C=C[C@H]1[C@H]([C@H](O)CO[Si](c2ccccc2)(c2ccccc2)C(C)(C)C)OC(=O)N1Cc1ccccc1. The third-order valence-corrected chi connectivity index (χ3v) is 11.9. The van der Waals surface area contributed by atoms with Crippen LogP contribution in [0.1, 0.15) is 26.3 Å². The van der Waals surface area contributed by atoms with Crippen LogP contribution in [0.5, 0.6) is 0 Å². The van der Waals surface area contributed by atoms with Crippen LogP contribution in [0.15, 0.2) is 104 Å². The van der Waals surface area contributed by atoms with Crippen LogP contribution in [0.25, 0.3) is 0 Å². The predicted molar refractivity (Wildman–Crippen MR) is 146 cm³/mol. The molecule has 0 radical (unpaired) electrons. The molecule has 3 aromatic carbocycles. The Morgan fingerprint density at radius 1 is 0.972 bits per heavy atom. The van der Waals surface area contributed by atoms with Crippen LogP contribution in [-0.2, 0) is 15.7 Å². The van der Waals surface area contributed by atoms with Crippen molar-refractivity contribution in [3.8, 4) is 0 Å². The number of carbonyl (C=O) groups excluding carboxylic acids is 1. The maximum Gasteiger partial charge on any atom is 0.411 e. The fourth-order valence-corrected chi connectivity index (χ4v) is 9.71. The normalized spacial score (nSPS) is 19.1. The van der Waals surface area contributed by atoms with E-state index in [-0.39, 0.29) is 11.6 Å². The average molecular weight is 502 g/mol. The Hall–Kier alpha value is -3.19. The van der Waals surface area contributed by atoms with Gasteiger partial charge in [-0.15, -0.1) is 6.58 Å². The van der Waals surface area contributed by atoms with E-state index in [1.807, 2.05) is 66.7 Å². The maximum atomic E-state index is 12.8. The van der Waals surface area contributed by atoms with Gasteiger partial charge in [-0.05, 0) is 21.0 Å². The zero-order valence-corrected chi connectivity index (χ0v) is 22.2. The molecule has 0 spiro atoms. The number of nitrogens with zero attached hydrogens (tertiary/aromatic N) is 1. The summed E-state index contributed by atoms with van der Waals surface area (Å²) in [5, 5.41) is 13.4. The standard InChI is InChI=1S/C30H35NO4Si/c1-5-26-28(35-29(33)31(26)21-23-15-9-6-10-16-23)27(32)22-34-36(30(2,3)4,24-17-11-7-12-18-24)25-19-13-8-14-20-25/h5-20,26-28,32H,1,21-22H2,2-4H3/t26-,27+,28+/m0/s1. The van der Waals surface area contributed by atoms with Crippen molar-refractivity contribution in [1.29, 1.82) is 0 Å². The summed E-state index contributed by atoms with van der Waals surface area (Å²) >= 11 is 0. The molecule has 1 fully saturated rings. The van der Waals surface area contributed by atoms with E-state index < -0.39 is 32.7 Å². The van der Waals surface area contributed by atoms with Crippen molar-refractivity contribution < 1.29 is 19.1 Å². The van der Waals surface area contributed by atoms with Gasteiger partial charge in [0.25, 0.3) is 8.32 Å². The molecule has 1 amide bonds. The Kier molecular flexibility index (Phi) is 7.78. The number of amides is 1. The van der Waals surface area contributed by atoms with Crippen LogP contribution in [0.2, 0.25) is 5.04 Å². The fourth-order valence-electron chi connectivity index (χ4n) is 5.14. The molecule has 1 N–H and O–H groups in total. The minimum absolute atomic E-state index is 0.0365. The van der Waals surface area contributed by atoms with E-state index in [0.29, 0.717) is 6.54 Å². The highest BCUT2D eigenvalue weighted by Gasteiger charge is 2.51. The molecule has 0 aliphatic carbocycles. The quantitative estimate of drug-likeness (QED) is 0.347. The Morgan fingerprint density at radius 3 is 1.94 bits per heavy atom. The number of benzene rings is 3. The Bertz CT molecular complexity index is 1110. The first-order valence-corrected chi connectivity index (χ1v) is 14.3. The van der Waals surface area contributed by atoms with Gasteiger partial charge in [0.15, 0.2) is 6.10 Å². The summed E-state index contributed by atoms with van der Waals surface area (Å²) in [5.74, 6) is 0. The van der Waals surface area contributed by atoms with Crippen LogP contribution in [0, 0.1) is 0 Å². The maximum absolute atomic E-state index is 12.8. The number of carbonyl (C=O) groups is 1. The molecule has 5 nitrogen and oxygen atoms in total. The number of aliphatic hydroxyl groups is 1. The minimum atomic E-state index is -2.83. The van der Waals surface area contributed by atoms with Gasteiger partial charge in [0.1, 0.15) is 6.10 Å². The minimum Gasteiger partial charge on any atom is -0.441 e. The molecule has 188 valence electrons. The lowest BCUT2D eigenvalue weighted by atomic mass is 10.1. The third-order valence-electron chi connectivity index (χ3n) is 6.87. The van der Waals surface area contributed by atoms with Crippen LogP contribution >= 0.6 is 0 Å². The number of rotatable bonds is 9. The third kappa shape index (κ3) is 5.02. The average Bonchev–Trinajstić information content (AvgIpc) is 3.20. The summed E-state index contributed by atoms with van der Waals surface area (Å²) in [4.78, 5) is 14.4. The largest absolute Gasteiger partial charge is 0.441 e.